The first-order valence-corrected chi connectivity index (χ1v) is 10.00. The molecule has 0 amide bonds. The first kappa shape index (κ1) is 19.4. The van der Waals surface area contributed by atoms with Crippen molar-refractivity contribution in [2.24, 2.45) is 0 Å². The van der Waals surface area contributed by atoms with E-state index >= 15 is 0 Å². The molecule has 0 aliphatic carbocycles. The lowest BCUT2D eigenvalue weighted by Crippen LogP contribution is -2.60. The Morgan fingerprint density at radius 2 is 1.69 bits per heavy atom. The van der Waals surface area contributed by atoms with Gasteiger partial charge in [0.25, 0.3) is 0 Å². The quantitative estimate of drug-likeness (QED) is 0.532. The summed E-state index contributed by atoms with van der Waals surface area (Å²) >= 11 is 0. The predicted molar refractivity (Wildman–Crippen MR) is 119 cm³/mol. The standard InChI is InChI=1S/C22H29N7/c1-21(2)11-14(12-22(3,4)29-21)27-19-18(23)20(26-13-25-19)28-17-9-5-8-16-15(17)7-6-10-24-16/h5-10,13-14,29H,11-12,23H2,1-4H3,(H2,25,26,27,28). The van der Waals surface area contributed by atoms with Crippen molar-refractivity contribution in [3.05, 3.63) is 42.9 Å². The van der Waals surface area contributed by atoms with Crippen LogP contribution in [0.3, 0.4) is 0 Å². The lowest BCUT2D eigenvalue weighted by molar-refractivity contribution is 0.170. The van der Waals surface area contributed by atoms with Crippen LogP contribution in [0.5, 0.6) is 0 Å². The van der Waals surface area contributed by atoms with E-state index in [1.165, 1.54) is 0 Å². The summed E-state index contributed by atoms with van der Waals surface area (Å²) in [5.74, 6) is 1.26. The van der Waals surface area contributed by atoms with Crippen LogP contribution < -0.4 is 21.7 Å². The summed E-state index contributed by atoms with van der Waals surface area (Å²) in [5.41, 5.74) is 8.87. The zero-order valence-electron chi connectivity index (χ0n) is 17.5. The minimum Gasteiger partial charge on any atom is -0.393 e. The molecule has 1 aliphatic rings. The smallest absolute Gasteiger partial charge is 0.159 e. The SMILES string of the molecule is CC1(C)CC(Nc2ncnc(Nc3cccc4ncccc34)c2N)CC(C)(C)N1. The predicted octanol–water partition coefficient (Wildman–Crippen LogP) is 4.07. The van der Waals surface area contributed by atoms with Gasteiger partial charge >= 0.3 is 0 Å². The van der Waals surface area contributed by atoms with Crippen LogP contribution >= 0.6 is 0 Å². The third-order valence-electron chi connectivity index (χ3n) is 5.31. The molecule has 3 aromatic rings. The lowest BCUT2D eigenvalue weighted by Gasteiger charge is -2.46. The number of piperidine rings is 1. The van der Waals surface area contributed by atoms with Crippen molar-refractivity contribution >= 4 is 33.9 Å². The molecule has 152 valence electrons. The van der Waals surface area contributed by atoms with Crippen LogP contribution in [0.2, 0.25) is 0 Å². The van der Waals surface area contributed by atoms with E-state index in [4.69, 9.17) is 5.73 Å². The Kier molecular flexibility index (Phi) is 4.78. The molecule has 4 rings (SSSR count). The van der Waals surface area contributed by atoms with Crippen LogP contribution in [0.25, 0.3) is 10.9 Å². The summed E-state index contributed by atoms with van der Waals surface area (Å²) in [4.78, 5) is 13.2. The number of aromatic nitrogens is 3. The number of nitrogen functional groups attached to an aromatic ring is 1. The highest BCUT2D eigenvalue weighted by Gasteiger charge is 2.37. The minimum atomic E-state index is 0.0399. The minimum absolute atomic E-state index is 0.0399. The maximum atomic E-state index is 6.45. The lowest BCUT2D eigenvalue weighted by atomic mass is 9.79. The molecule has 0 saturated carbocycles. The molecule has 0 atom stereocenters. The molecule has 1 fully saturated rings. The number of benzene rings is 1. The topological polar surface area (TPSA) is 101 Å². The number of anilines is 4. The third-order valence-corrected chi connectivity index (χ3v) is 5.31. The van der Waals surface area contributed by atoms with Crippen molar-refractivity contribution in [2.75, 3.05) is 16.4 Å². The second kappa shape index (κ2) is 7.15. The zero-order chi connectivity index (χ0) is 20.6. The van der Waals surface area contributed by atoms with Gasteiger partial charge in [-0.25, -0.2) is 9.97 Å². The third kappa shape index (κ3) is 4.24. The highest BCUT2D eigenvalue weighted by atomic mass is 15.1. The van der Waals surface area contributed by atoms with E-state index in [1.807, 2.05) is 30.3 Å². The van der Waals surface area contributed by atoms with Gasteiger partial charge in [0.05, 0.1) is 5.52 Å². The molecule has 7 nitrogen and oxygen atoms in total. The van der Waals surface area contributed by atoms with E-state index in [2.05, 4.69) is 58.6 Å². The van der Waals surface area contributed by atoms with Crippen molar-refractivity contribution < 1.29 is 0 Å². The van der Waals surface area contributed by atoms with Crippen molar-refractivity contribution in [1.29, 1.82) is 0 Å². The largest absolute Gasteiger partial charge is 0.393 e. The summed E-state index contributed by atoms with van der Waals surface area (Å²) in [6.07, 6.45) is 5.30. The molecule has 3 heterocycles. The number of hydrogen-bond acceptors (Lipinski definition) is 7. The van der Waals surface area contributed by atoms with Gasteiger partial charge in [-0.15, -0.1) is 0 Å². The van der Waals surface area contributed by atoms with Gasteiger partial charge in [-0.05, 0) is 64.8 Å². The number of hydrogen-bond donors (Lipinski definition) is 4. The number of nitrogens with two attached hydrogens (primary N) is 1. The van der Waals surface area contributed by atoms with Gasteiger partial charge in [-0.1, -0.05) is 6.07 Å². The molecule has 0 bridgehead atoms. The van der Waals surface area contributed by atoms with E-state index < -0.39 is 0 Å². The fourth-order valence-corrected chi connectivity index (χ4v) is 4.57. The average Bonchev–Trinajstić information content (AvgIpc) is 2.63. The van der Waals surface area contributed by atoms with Crippen molar-refractivity contribution in [2.45, 2.75) is 57.7 Å². The Balaban J connectivity index is 1.59. The number of pyridine rings is 1. The highest BCUT2D eigenvalue weighted by molar-refractivity contribution is 5.94. The number of nitrogens with zero attached hydrogens (tertiary/aromatic N) is 3. The Bertz CT molecular complexity index is 1010. The first-order valence-electron chi connectivity index (χ1n) is 10.00. The fraction of sp³-hybridized carbons (Fsp3) is 0.409. The van der Waals surface area contributed by atoms with Gasteiger partial charge in [0.15, 0.2) is 11.6 Å². The van der Waals surface area contributed by atoms with Crippen LogP contribution in [-0.4, -0.2) is 32.1 Å². The van der Waals surface area contributed by atoms with Crippen LogP contribution in [0.1, 0.15) is 40.5 Å². The molecule has 0 unspecified atom stereocenters. The van der Waals surface area contributed by atoms with Crippen LogP contribution in [0.4, 0.5) is 23.0 Å². The van der Waals surface area contributed by atoms with Crippen LogP contribution in [-0.2, 0) is 0 Å². The molecule has 1 aromatic carbocycles. The Morgan fingerprint density at radius 1 is 0.966 bits per heavy atom. The van der Waals surface area contributed by atoms with Gasteiger partial charge in [-0.3, -0.25) is 4.98 Å². The molecule has 1 aliphatic heterocycles. The van der Waals surface area contributed by atoms with E-state index in [0.717, 1.165) is 29.4 Å². The van der Waals surface area contributed by atoms with Gasteiger partial charge in [0.1, 0.15) is 12.0 Å². The van der Waals surface area contributed by atoms with Gasteiger partial charge in [0, 0.05) is 34.4 Å². The van der Waals surface area contributed by atoms with Crippen molar-refractivity contribution in [1.82, 2.24) is 20.3 Å². The van der Waals surface area contributed by atoms with Crippen LogP contribution in [0, 0.1) is 0 Å². The molecule has 0 radical (unpaired) electrons. The Labute approximate surface area is 171 Å². The summed E-state index contributed by atoms with van der Waals surface area (Å²) in [6.45, 7) is 8.92. The highest BCUT2D eigenvalue weighted by Crippen LogP contribution is 2.33. The van der Waals surface area contributed by atoms with Gasteiger partial charge < -0.3 is 21.7 Å². The second-order valence-corrected chi connectivity index (χ2v) is 9.13. The molecular formula is C22H29N7. The number of fused-ring (bicyclic) bond motifs is 1. The Morgan fingerprint density at radius 3 is 2.45 bits per heavy atom. The second-order valence-electron chi connectivity index (χ2n) is 9.13. The molecular weight excluding hydrogens is 362 g/mol. The molecule has 2 aromatic heterocycles. The normalized spacial score (nSPS) is 18.5. The van der Waals surface area contributed by atoms with Crippen molar-refractivity contribution in [3.63, 3.8) is 0 Å². The molecule has 0 spiro atoms. The van der Waals surface area contributed by atoms with Gasteiger partial charge in [0.2, 0.25) is 0 Å². The van der Waals surface area contributed by atoms with E-state index in [-0.39, 0.29) is 17.1 Å². The molecule has 5 N–H and O–H groups in total. The number of nitrogens with one attached hydrogen (secondary N) is 3. The van der Waals surface area contributed by atoms with E-state index in [1.54, 1.807) is 12.5 Å². The van der Waals surface area contributed by atoms with Gasteiger partial charge in [-0.2, -0.15) is 0 Å². The average molecular weight is 392 g/mol. The molecule has 29 heavy (non-hydrogen) atoms. The molecule has 1 saturated heterocycles. The zero-order valence-corrected chi connectivity index (χ0v) is 17.5. The van der Waals surface area contributed by atoms with Crippen LogP contribution in [0.15, 0.2) is 42.9 Å². The molecule has 7 heteroatoms. The summed E-state index contributed by atoms with van der Waals surface area (Å²) in [6, 6.07) is 10.2. The first-order chi connectivity index (χ1) is 13.7. The number of rotatable bonds is 4. The van der Waals surface area contributed by atoms with Crippen molar-refractivity contribution in [3.8, 4) is 0 Å². The monoisotopic (exact) mass is 391 g/mol. The van der Waals surface area contributed by atoms with E-state index in [9.17, 15) is 0 Å². The maximum Gasteiger partial charge on any atom is 0.159 e. The summed E-state index contributed by atoms with van der Waals surface area (Å²) in [5, 5.41) is 11.6. The Hall–Kier alpha value is -2.93. The summed E-state index contributed by atoms with van der Waals surface area (Å²) in [7, 11) is 0. The summed E-state index contributed by atoms with van der Waals surface area (Å²) < 4.78 is 0. The van der Waals surface area contributed by atoms with E-state index in [0.29, 0.717) is 17.3 Å². The fourth-order valence-electron chi connectivity index (χ4n) is 4.57. The maximum absolute atomic E-state index is 6.45.